The molecule has 0 saturated carbocycles. The summed E-state index contributed by atoms with van der Waals surface area (Å²) in [5.74, 6) is -2.35. The number of thiol groups is 1. The molecule has 0 aromatic rings. The number of esters is 1. The Morgan fingerprint density at radius 2 is 1.28 bits per heavy atom. The van der Waals surface area contributed by atoms with Crippen molar-refractivity contribution in [2.24, 2.45) is 5.92 Å². The van der Waals surface area contributed by atoms with Crippen LogP contribution in [0.3, 0.4) is 0 Å². The smallest absolute Gasteiger partial charge is 0.320 e. The van der Waals surface area contributed by atoms with E-state index in [1.54, 1.807) is 0 Å². The third kappa shape index (κ3) is 10.4. The number of ether oxygens (including phenoxy) is 3. The van der Waals surface area contributed by atoms with Gasteiger partial charge in [0.15, 0.2) is 6.29 Å². The molecule has 10 nitrogen and oxygen atoms in total. The zero-order valence-electron chi connectivity index (χ0n) is 13.3. The second-order valence-electron chi connectivity index (χ2n) is 4.99. The van der Waals surface area contributed by atoms with Crippen LogP contribution in [0.2, 0.25) is 0 Å². The Hall–Kier alpha value is -0.410. The third-order valence-corrected chi connectivity index (χ3v) is 3.28. The second-order valence-corrected chi connectivity index (χ2v) is 6.21. The lowest BCUT2D eigenvalue weighted by Crippen LogP contribution is -2.41. The minimum Gasteiger partial charge on any atom is -0.462 e. The van der Waals surface area contributed by atoms with E-state index in [0.29, 0.717) is 0 Å². The van der Waals surface area contributed by atoms with Crippen molar-refractivity contribution in [2.45, 2.75) is 24.6 Å². The summed E-state index contributed by atoms with van der Waals surface area (Å²) >= 11 is 8.77. The minimum atomic E-state index is -1.44. The highest BCUT2D eigenvalue weighted by Gasteiger charge is 2.35. The summed E-state index contributed by atoms with van der Waals surface area (Å²) in [6.07, 6.45) is -5.23. The van der Waals surface area contributed by atoms with Crippen LogP contribution >= 0.6 is 24.8 Å². The zero-order chi connectivity index (χ0) is 19.4. The van der Waals surface area contributed by atoms with E-state index in [9.17, 15) is 20.1 Å². The molecule has 0 amide bonds. The first-order chi connectivity index (χ1) is 11.8. The zero-order valence-corrected chi connectivity index (χ0v) is 15.0. The number of hydrogen-bond donors (Lipinski definition) is 7. The summed E-state index contributed by atoms with van der Waals surface area (Å²) < 4.78 is 15.0. The molecular weight excluding hydrogens is 380 g/mol. The van der Waals surface area contributed by atoms with Crippen LogP contribution in [0.4, 0.5) is 0 Å². The van der Waals surface area contributed by atoms with Crippen LogP contribution in [0, 0.1) is 5.92 Å². The van der Waals surface area contributed by atoms with Crippen molar-refractivity contribution in [3.63, 3.8) is 0 Å². The van der Waals surface area contributed by atoms with E-state index in [2.05, 4.69) is 12.6 Å². The largest absolute Gasteiger partial charge is 0.462 e. The Morgan fingerprint density at radius 3 is 1.64 bits per heavy atom. The number of hydrogen-bond acceptors (Lipinski definition) is 11. The molecule has 0 bridgehead atoms. The SMILES string of the molecule is O=C(OCC(O)CO)C(C(=S)S)C(OCC(O)CO)OCC(O)CO. The van der Waals surface area contributed by atoms with Crippen LogP contribution in [0.25, 0.3) is 0 Å². The molecule has 0 heterocycles. The maximum atomic E-state index is 12.1. The molecule has 148 valence electrons. The highest BCUT2D eigenvalue weighted by molar-refractivity contribution is 8.11. The fourth-order valence-electron chi connectivity index (χ4n) is 1.41. The average molecular weight is 404 g/mol. The van der Waals surface area contributed by atoms with Gasteiger partial charge in [0, 0.05) is 0 Å². The van der Waals surface area contributed by atoms with E-state index in [-0.39, 0.29) is 4.20 Å². The normalized spacial score (nSPS) is 17.4. The number of carbonyl (C=O) groups is 1. The van der Waals surface area contributed by atoms with Gasteiger partial charge in [-0.2, -0.15) is 0 Å². The molecule has 0 aliphatic carbocycles. The van der Waals surface area contributed by atoms with Gasteiger partial charge in [0.2, 0.25) is 0 Å². The van der Waals surface area contributed by atoms with E-state index < -0.39 is 76.1 Å². The first-order valence-electron chi connectivity index (χ1n) is 7.26. The van der Waals surface area contributed by atoms with Crippen LogP contribution < -0.4 is 0 Å². The summed E-state index contributed by atoms with van der Waals surface area (Å²) in [6.45, 7) is -3.17. The van der Waals surface area contributed by atoms with Gasteiger partial charge in [-0.25, -0.2) is 0 Å². The van der Waals surface area contributed by atoms with E-state index in [0.717, 1.165) is 0 Å². The van der Waals surface area contributed by atoms with Crippen molar-refractivity contribution < 1.29 is 49.6 Å². The second kappa shape index (κ2) is 13.7. The van der Waals surface area contributed by atoms with Crippen molar-refractivity contribution in [1.82, 2.24) is 0 Å². The van der Waals surface area contributed by atoms with Crippen LogP contribution in [0.5, 0.6) is 0 Å². The molecule has 0 fully saturated rings. The Morgan fingerprint density at radius 1 is 0.880 bits per heavy atom. The summed E-state index contributed by atoms with van der Waals surface area (Å²) in [7, 11) is 0. The lowest BCUT2D eigenvalue weighted by atomic mass is 10.1. The van der Waals surface area contributed by atoms with E-state index in [1.165, 1.54) is 0 Å². The molecule has 0 aliphatic rings. The average Bonchev–Trinajstić information content (AvgIpc) is 2.60. The summed E-state index contributed by atoms with van der Waals surface area (Å²) in [4.78, 5) is 12.1. The Labute approximate surface area is 155 Å². The van der Waals surface area contributed by atoms with Gasteiger partial charge in [0.1, 0.15) is 30.8 Å². The Bertz CT molecular complexity index is 383. The lowest BCUT2D eigenvalue weighted by molar-refractivity contribution is -0.199. The first-order valence-corrected chi connectivity index (χ1v) is 8.11. The Kier molecular flexibility index (Phi) is 13.5. The van der Waals surface area contributed by atoms with Gasteiger partial charge >= 0.3 is 5.97 Å². The van der Waals surface area contributed by atoms with Gasteiger partial charge in [-0.15, -0.1) is 12.6 Å². The highest BCUT2D eigenvalue weighted by atomic mass is 32.1. The minimum absolute atomic E-state index is 0.189. The molecule has 0 saturated heterocycles. The summed E-state index contributed by atoms with van der Waals surface area (Å²) in [6, 6.07) is 0. The van der Waals surface area contributed by atoms with Crippen molar-refractivity contribution in [2.75, 3.05) is 39.6 Å². The van der Waals surface area contributed by atoms with Crippen LogP contribution in [0.15, 0.2) is 0 Å². The van der Waals surface area contributed by atoms with Gasteiger partial charge in [0.25, 0.3) is 0 Å². The summed E-state index contributed by atoms with van der Waals surface area (Å²) in [5, 5.41) is 54.2. The molecule has 0 rings (SSSR count). The van der Waals surface area contributed by atoms with Crippen molar-refractivity contribution in [3.05, 3.63) is 0 Å². The molecule has 25 heavy (non-hydrogen) atoms. The molecule has 4 unspecified atom stereocenters. The van der Waals surface area contributed by atoms with Crippen molar-refractivity contribution in [1.29, 1.82) is 0 Å². The standard InChI is InChI=1S/C13H24O10S2/c14-1-7(17)4-21-11(20)10(13(24)25)12(22-5-8(18)2-15)23-6-9(19)3-16/h7-10,12,14-19H,1-6H2,(H,24,25). The third-order valence-electron chi connectivity index (χ3n) is 2.75. The van der Waals surface area contributed by atoms with Crippen LogP contribution in [0.1, 0.15) is 0 Å². The Balaban J connectivity index is 5.04. The number of rotatable bonds is 14. The maximum absolute atomic E-state index is 12.1. The predicted octanol–water partition coefficient (Wildman–Crippen LogP) is -3.18. The number of carbonyl (C=O) groups excluding carboxylic acids is 1. The molecule has 0 spiro atoms. The number of aliphatic hydroxyl groups excluding tert-OH is 6. The maximum Gasteiger partial charge on any atom is 0.320 e. The molecule has 6 N–H and O–H groups in total. The quantitative estimate of drug-likeness (QED) is 0.0675. The van der Waals surface area contributed by atoms with E-state index in [1.807, 2.05) is 0 Å². The molecule has 0 aromatic heterocycles. The molecule has 0 aromatic carbocycles. The number of thiocarbonyl (C=S) groups is 1. The fraction of sp³-hybridized carbons (Fsp3) is 0.846. The summed E-state index contributed by atoms with van der Waals surface area (Å²) in [5.41, 5.74) is 0. The topological polar surface area (TPSA) is 166 Å². The van der Waals surface area contributed by atoms with Crippen LogP contribution in [-0.2, 0) is 19.0 Å². The van der Waals surface area contributed by atoms with Crippen LogP contribution in [-0.4, -0.2) is 105 Å². The van der Waals surface area contributed by atoms with Gasteiger partial charge in [-0.1, -0.05) is 12.2 Å². The lowest BCUT2D eigenvalue weighted by Gasteiger charge is -2.27. The van der Waals surface area contributed by atoms with Crippen molar-refractivity contribution >= 4 is 35.0 Å². The predicted molar refractivity (Wildman–Crippen MR) is 91.0 cm³/mol. The van der Waals surface area contributed by atoms with E-state index in [4.69, 9.17) is 41.7 Å². The molecular formula is C13H24O10S2. The van der Waals surface area contributed by atoms with Gasteiger partial charge < -0.3 is 44.8 Å². The van der Waals surface area contributed by atoms with E-state index >= 15 is 0 Å². The van der Waals surface area contributed by atoms with Gasteiger partial charge in [-0.05, 0) is 0 Å². The number of aliphatic hydroxyl groups is 6. The monoisotopic (exact) mass is 404 g/mol. The van der Waals surface area contributed by atoms with Crippen molar-refractivity contribution in [3.8, 4) is 0 Å². The molecule has 4 atom stereocenters. The fourth-order valence-corrected chi connectivity index (χ4v) is 1.84. The first kappa shape index (κ1) is 24.6. The molecule has 0 radical (unpaired) electrons. The highest BCUT2D eigenvalue weighted by Crippen LogP contribution is 2.18. The van der Waals surface area contributed by atoms with Gasteiger partial charge in [-0.3, -0.25) is 4.79 Å². The molecule has 0 aliphatic heterocycles. The molecule has 12 heteroatoms. The van der Waals surface area contributed by atoms with Gasteiger partial charge in [0.05, 0.1) is 37.2 Å².